The minimum atomic E-state index is -1.27. The van der Waals surface area contributed by atoms with Crippen molar-refractivity contribution in [1.29, 1.82) is 0 Å². The van der Waals surface area contributed by atoms with Crippen molar-refractivity contribution in [2.75, 3.05) is 20.1 Å². The fraction of sp³-hybridized carbons (Fsp3) is 0.333. The van der Waals surface area contributed by atoms with Crippen LogP contribution in [0.1, 0.15) is 17.5 Å². The van der Waals surface area contributed by atoms with Gasteiger partial charge in [0.25, 0.3) is 0 Å². The number of carboxylic acid groups (broad SMARTS) is 1. The third-order valence-electron chi connectivity index (χ3n) is 6.09. The van der Waals surface area contributed by atoms with Crippen LogP contribution in [-0.2, 0) is 27.5 Å². The van der Waals surface area contributed by atoms with Crippen molar-refractivity contribution >= 4 is 23.8 Å². The molecule has 11 heteroatoms. The second-order valence-electron chi connectivity index (χ2n) is 8.55. The van der Waals surface area contributed by atoms with E-state index in [1.54, 1.807) is 7.05 Å². The lowest BCUT2D eigenvalue weighted by Gasteiger charge is -2.54. The summed E-state index contributed by atoms with van der Waals surface area (Å²) in [7, 11) is 1.59. The standard InChI is InChI=1S/C24H26FN5O5/c1-27-15-21(31)29-19(11-22(32)33)23(34)28(13-17-7-9-18(25)10-8-17)14-20(29)30(27)24(35)26-12-16-5-3-2-4-6-16/h2-10,19-20H,11-15H2,1H3,(H,26,35)(H,32,33)/t19-,20-/m0/s1. The molecule has 0 aliphatic carbocycles. The fourth-order valence-corrected chi connectivity index (χ4v) is 4.48. The van der Waals surface area contributed by atoms with Gasteiger partial charge in [-0.05, 0) is 23.3 Å². The second kappa shape index (κ2) is 10.1. The molecular weight excluding hydrogens is 457 g/mol. The highest BCUT2D eigenvalue weighted by Crippen LogP contribution is 2.28. The molecule has 4 rings (SSSR count). The Hall–Kier alpha value is -3.99. The van der Waals surface area contributed by atoms with E-state index in [1.165, 1.54) is 44.1 Å². The van der Waals surface area contributed by atoms with E-state index in [-0.39, 0.29) is 26.2 Å². The van der Waals surface area contributed by atoms with Gasteiger partial charge in [0, 0.05) is 20.1 Å². The summed E-state index contributed by atoms with van der Waals surface area (Å²) in [6.45, 7) is 0.121. The minimum Gasteiger partial charge on any atom is -0.481 e. The molecule has 2 heterocycles. The molecule has 0 spiro atoms. The number of hydrazine groups is 1. The number of carboxylic acids is 1. The number of halogens is 1. The summed E-state index contributed by atoms with van der Waals surface area (Å²) in [5, 5.41) is 15.1. The summed E-state index contributed by atoms with van der Waals surface area (Å²) in [4.78, 5) is 53.6. The summed E-state index contributed by atoms with van der Waals surface area (Å²) in [6, 6.07) is 13.2. The number of urea groups is 1. The molecule has 2 aromatic carbocycles. The van der Waals surface area contributed by atoms with Crippen LogP contribution in [-0.4, -0.2) is 81.1 Å². The SMILES string of the molecule is CN1CC(=O)N2[C@@H](CC(=O)O)C(=O)N(Cc3ccc(F)cc3)C[C@@H]2N1C(=O)NCc1ccccc1. The molecule has 184 valence electrons. The minimum absolute atomic E-state index is 0.0266. The van der Waals surface area contributed by atoms with E-state index in [1.807, 2.05) is 30.3 Å². The van der Waals surface area contributed by atoms with Gasteiger partial charge in [-0.15, -0.1) is 0 Å². The molecule has 2 N–H and O–H groups in total. The van der Waals surface area contributed by atoms with Crippen molar-refractivity contribution in [2.45, 2.75) is 31.7 Å². The van der Waals surface area contributed by atoms with Gasteiger partial charge >= 0.3 is 12.0 Å². The third-order valence-corrected chi connectivity index (χ3v) is 6.09. The fourth-order valence-electron chi connectivity index (χ4n) is 4.48. The molecule has 0 aromatic heterocycles. The molecule has 2 aromatic rings. The number of rotatable bonds is 6. The van der Waals surface area contributed by atoms with Crippen molar-refractivity contribution in [3.8, 4) is 0 Å². The van der Waals surface area contributed by atoms with E-state index in [9.17, 15) is 28.7 Å². The zero-order chi connectivity index (χ0) is 25.1. The highest BCUT2D eigenvalue weighted by molar-refractivity contribution is 5.93. The van der Waals surface area contributed by atoms with E-state index in [0.717, 1.165) is 5.56 Å². The first-order valence-corrected chi connectivity index (χ1v) is 11.1. The van der Waals surface area contributed by atoms with E-state index >= 15 is 0 Å². The monoisotopic (exact) mass is 483 g/mol. The summed E-state index contributed by atoms with van der Waals surface area (Å²) < 4.78 is 13.3. The highest BCUT2D eigenvalue weighted by Gasteiger charge is 2.51. The lowest BCUT2D eigenvalue weighted by atomic mass is 10.0. The first kappa shape index (κ1) is 24.1. The summed E-state index contributed by atoms with van der Waals surface area (Å²) in [5.74, 6) is -2.63. The maximum absolute atomic E-state index is 13.3. The number of nitrogens with zero attached hydrogens (tertiary/aromatic N) is 4. The highest BCUT2D eigenvalue weighted by atomic mass is 19.1. The Morgan fingerprint density at radius 3 is 2.40 bits per heavy atom. The van der Waals surface area contributed by atoms with Crippen LogP contribution in [0.5, 0.6) is 0 Å². The number of fused-ring (bicyclic) bond motifs is 1. The van der Waals surface area contributed by atoms with Gasteiger partial charge in [-0.25, -0.2) is 19.2 Å². The van der Waals surface area contributed by atoms with Gasteiger partial charge in [-0.2, -0.15) is 0 Å². The van der Waals surface area contributed by atoms with Crippen LogP contribution < -0.4 is 5.32 Å². The molecule has 0 saturated carbocycles. The molecule has 2 fully saturated rings. The van der Waals surface area contributed by atoms with Crippen LogP contribution in [0.4, 0.5) is 9.18 Å². The Morgan fingerprint density at radius 1 is 1.06 bits per heavy atom. The lowest BCUT2D eigenvalue weighted by Crippen LogP contribution is -2.76. The average molecular weight is 484 g/mol. The van der Waals surface area contributed by atoms with Crippen molar-refractivity contribution in [1.82, 2.24) is 25.1 Å². The summed E-state index contributed by atoms with van der Waals surface area (Å²) in [5.41, 5.74) is 1.52. The predicted octanol–water partition coefficient (Wildman–Crippen LogP) is 1.24. The third kappa shape index (κ3) is 5.24. The van der Waals surface area contributed by atoms with Gasteiger partial charge < -0.3 is 20.2 Å². The number of hydrogen-bond donors (Lipinski definition) is 2. The number of nitrogens with one attached hydrogen (secondary N) is 1. The summed E-state index contributed by atoms with van der Waals surface area (Å²) >= 11 is 0. The van der Waals surface area contributed by atoms with Crippen LogP contribution in [0.15, 0.2) is 54.6 Å². The number of piperazine rings is 1. The maximum Gasteiger partial charge on any atom is 0.334 e. The Morgan fingerprint density at radius 2 is 1.74 bits per heavy atom. The normalized spacial score (nSPS) is 20.6. The van der Waals surface area contributed by atoms with Crippen molar-refractivity contribution < 1.29 is 28.7 Å². The first-order chi connectivity index (χ1) is 16.7. The quantitative estimate of drug-likeness (QED) is 0.639. The number of carbonyl (C=O) groups is 4. The lowest BCUT2D eigenvalue weighted by molar-refractivity contribution is -0.189. The smallest absolute Gasteiger partial charge is 0.334 e. The molecule has 0 bridgehead atoms. The van der Waals surface area contributed by atoms with Crippen LogP contribution in [0, 0.1) is 5.82 Å². The molecule has 2 saturated heterocycles. The van der Waals surface area contributed by atoms with E-state index < -0.39 is 48.3 Å². The zero-order valence-electron chi connectivity index (χ0n) is 19.1. The van der Waals surface area contributed by atoms with E-state index in [2.05, 4.69) is 5.32 Å². The van der Waals surface area contributed by atoms with Crippen molar-refractivity contribution in [3.05, 3.63) is 71.5 Å². The molecular formula is C24H26FN5O5. The zero-order valence-corrected chi connectivity index (χ0v) is 19.1. The average Bonchev–Trinajstić information content (AvgIpc) is 2.82. The van der Waals surface area contributed by atoms with E-state index in [0.29, 0.717) is 5.56 Å². The van der Waals surface area contributed by atoms with Crippen LogP contribution in [0.25, 0.3) is 0 Å². The maximum atomic E-state index is 13.3. The van der Waals surface area contributed by atoms with Crippen molar-refractivity contribution in [3.63, 3.8) is 0 Å². The van der Waals surface area contributed by atoms with Crippen LogP contribution in [0.3, 0.4) is 0 Å². The Labute approximate surface area is 201 Å². The number of hydrogen-bond acceptors (Lipinski definition) is 5. The van der Waals surface area contributed by atoms with Gasteiger partial charge in [0.05, 0.1) is 19.5 Å². The molecule has 0 radical (unpaired) electrons. The molecule has 2 aliphatic heterocycles. The Kier molecular flexibility index (Phi) is 6.97. The predicted molar refractivity (Wildman–Crippen MR) is 122 cm³/mol. The molecule has 2 atom stereocenters. The first-order valence-electron chi connectivity index (χ1n) is 11.1. The second-order valence-corrected chi connectivity index (χ2v) is 8.55. The number of aliphatic carboxylic acids is 1. The van der Waals surface area contributed by atoms with Crippen LogP contribution >= 0.6 is 0 Å². The molecule has 4 amide bonds. The molecule has 10 nitrogen and oxygen atoms in total. The molecule has 35 heavy (non-hydrogen) atoms. The van der Waals surface area contributed by atoms with Gasteiger partial charge in [-0.1, -0.05) is 42.5 Å². The van der Waals surface area contributed by atoms with E-state index in [4.69, 9.17) is 0 Å². The molecule has 2 aliphatic rings. The van der Waals surface area contributed by atoms with Crippen molar-refractivity contribution in [2.24, 2.45) is 0 Å². The molecule has 0 unspecified atom stereocenters. The topological polar surface area (TPSA) is 114 Å². The van der Waals surface area contributed by atoms with Crippen LogP contribution in [0.2, 0.25) is 0 Å². The Bertz CT molecular complexity index is 1110. The number of benzene rings is 2. The number of amides is 4. The van der Waals surface area contributed by atoms with Gasteiger partial charge in [-0.3, -0.25) is 14.4 Å². The number of likely N-dealkylation sites (N-methyl/N-ethyl adjacent to an activating group) is 1. The van der Waals surface area contributed by atoms with Gasteiger partial charge in [0.2, 0.25) is 11.8 Å². The largest absolute Gasteiger partial charge is 0.481 e. The van der Waals surface area contributed by atoms with Gasteiger partial charge in [0.15, 0.2) is 0 Å². The van der Waals surface area contributed by atoms with Gasteiger partial charge in [0.1, 0.15) is 18.0 Å². The Balaban J connectivity index is 1.61. The number of carbonyl (C=O) groups excluding carboxylic acids is 3. The summed E-state index contributed by atoms with van der Waals surface area (Å²) in [6.07, 6.45) is -1.50.